The van der Waals surface area contributed by atoms with E-state index in [0.29, 0.717) is 11.8 Å². The highest BCUT2D eigenvalue weighted by Gasteiger charge is 2.53. The molecule has 2 nitrogen and oxygen atoms in total. The van der Waals surface area contributed by atoms with Crippen LogP contribution in [0.2, 0.25) is 0 Å². The topological polar surface area (TPSA) is 6.48 Å². The number of hydrogen-bond acceptors (Lipinski definition) is 3. The van der Waals surface area contributed by atoms with Crippen molar-refractivity contribution in [1.82, 2.24) is 0 Å². The minimum absolute atomic E-state index is 0.0136. The molecule has 0 radical (unpaired) electrons. The van der Waals surface area contributed by atoms with Gasteiger partial charge in [0, 0.05) is 43.3 Å². The Kier molecular flexibility index (Phi) is 11.1. The van der Waals surface area contributed by atoms with Gasteiger partial charge in [0.25, 0.3) is 6.71 Å². The molecule has 10 aromatic rings. The lowest BCUT2D eigenvalue weighted by Crippen LogP contribution is -2.60. The highest BCUT2D eigenvalue weighted by atomic mass is 32.1. The number of anilines is 6. The fourth-order valence-corrected chi connectivity index (χ4v) is 15.9. The lowest BCUT2D eigenvalue weighted by atomic mass is 9.36. The van der Waals surface area contributed by atoms with E-state index in [4.69, 9.17) is 0 Å². The summed E-state index contributed by atoms with van der Waals surface area (Å²) in [7, 11) is 0. The van der Waals surface area contributed by atoms with Gasteiger partial charge in [-0.05, 0) is 190 Å². The van der Waals surface area contributed by atoms with Crippen LogP contribution in [-0.2, 0) is 21.7 Å². The molecular weight excluding hydrogens is 984 g/mol. The Morgan fingerprint density at radius 1 is 0.450 bits per heavy atom. The van der Waals surface area contributed by atoms with Crippen LogP contribution in [0.4, 0.5) is 34.1 Å². The second-order valence-electron chi connectivity index (χ2n) is 27.4. The molecule has 0 amide bonds. The molecule has 2 aliphatic carbocycles. The van der Waals surface area contributed by atoms with E-state index in [1.165, 1.54) is 149 Å². The predicted octanol–water partition coefficient (Wildman–Crippen LogP) is 19.4. The molecule has 0 fully saturated rings. The quantitative estimate of drug-likeness (QED) is 0.159. The number of benzene rings is 9. The number of fused-ring (bicyclic) bond motifs is 16. The molecule has 3 heterocycles. The summed E-state index contributed by atoms with van der Waals surface area (Å²) in [5.41, 5.74) is 31.3. The van der Waals surface area contributed by atoms with Crippen LogP contribution < -0.4 is 25.5 Å². The van der Waals surface area contributed by atoms with E-state index in [9.17, 15) is 0 Å². The highest BCUT2D eigenvalue weighted by Crippen LogP contribution is 2.64. The van der Waals surface area contributed by atoms with Crippen molar-refractivity contribution in [3.63, 3.8) is 0 Å². The number of aryl methyl sites for hydroxylation is 1. The van der Waals surface area contributed by atoms with Gasteiger partial charge < -0.3 is 9.80 Å². The summed E-state index contributed by atoms with van der Waals surface area (Å²) in [6.07, 6.45) is 0. The van der Waals surface area contributed by atoms with Gasteiger partial charge in [0.05, 0.1) is 11.1 Å². The summed E-state index contributed by atoms with van der Waals surface area (Å²) >= 11 is 2.02. The molecule has 1 aromatic heterocycles. The van der Waals surface area contributed by atoms with Crippen LogP contribution in [0.25, 0.3) is 43.5 Å². The maximum Gasteiger partial charge on any atom is 0.264 e. The molecule has 0 bridgehead atoms. The SMILES string of the molecule is Cc1cc2c3c(c1)N(c1ccc(C(C)(C)C)cc1)c1c(sc4cc5c(cc14)-c1ccc(C(C)(C)C)cc1C51c4ccccc4-c4ccccc41)B3c1ccc(-c3c(C(C)C)cccc3C(C)C)cc1N2c1ccc(C(C)(C)C)cc1. The second kappa shape index (κ2) is 17.6. The summed E-state index contributed by atoms with van der Waals surface area (Å²) in [6.45, 7) is 32.7. The molecular formula is C76H73BN2S. The lowest BCUT2D eigenvalue weighted by molar-refractivity contribution is 0.588. The summed E-state index contributed by atoms with van der Waals surface area (Å²) < 4.78 is 2.72. The fraction of sp³-hybridized carbons (Fsp3) is 0.263. The van der Waals surface area contributed by atoms with Gasteiger partial charge in [0.1, 0.15) is 0 Å². The Balaban J connectivity index is 1.09. The molecule has 0 N–H and O–H groups in total. The van der Waals surface area contributed by atoms with Crippen molar-refractivity contribution in [2.75, 3.05) is 9.80 Å². The van der Waals surface area contributed by atoms with Gasteiger partial charge in [-0.1, -0.05) is 211 Å². The first-order valence-electron chi connectivity index (χ1n) is 29.3. The standard InChI is InChI=1S/C76H73BN2S/c1-44(2)53-22-19-23-54(45(3)4)69(53)47-26-37-64-65(40-47)78(51-32-27-48(28-33-51)73(6,7)8)66-38-46(5)39-67-70(66)77(64)72-71(79(67)52-34-29-49(30-35-52)74(9,10)11)59-42-58-57-36-31-50(75(12,13)14)41-62(57)76(63(58)43-68(59)80-72)60-24-17-15-20-55(60)56-21-16-18-25-61(56)76/h15-45H,1-14H3. The van der Waals surface area contributed by atoms with E-state index < -0.39 is 5.41 Å². The lowest BCUT2D eigenvalue weighted by Gasteiger charge is -2.43. The number of nitrogens with zero attached hydrogens (tertiary/aromatic N) is 2. The molecule has 0 atom stereocenters. The Bertz CT molecular complexity index is 4130. The van der Waals surface area contributed by atoms with Gasteiger partial charge in [0.15, 0.2) is 0 Å². The Hall–Kier alpha value is -7.40. The van der Waals surface area contributed by atoms with E-state index in [-0.39, 0.29) is 23.0 Å². The predicted molar refractivity (Wildman–Crippen MR) is 347 cm³/mol. The first-order valence-corrected chi connectivity index (χ1v) is 30.1. The first kappa shape index (κ1) is 50.8. The van der Waals surface area contributed by atoms with Gasteiger partial charge in [-0.15, -0.1) is 11.3 Å². The molecule has 4 heteroatoms. The molecule has 0 saturated heterocycles. The summed E-state index contributed by atoms with van der Waals surface area (Å²) in [5, 5.41) is 1.31. The average molecular weight is 1060 g/mol. The average Bonchev–Trinajstić information content (AvgIpc) is 4.16. The van der Waals surface area contributed by atoms with Crippen LogP contribution in [0.3, 0.4) is 0 Å². The van der Waals surface area contributed by atoms with Crippen molar-refractivity contribution >= 4 is 78.0 Å². The molecule has 396 valence electrons. The van der Waals surface area contributed by atoms with E-state index in [2.05, 4.69) is 283 Å². The van der Waals surface area contributed by atoms with Gasteiger partial charge in [0.2, 0.25) is 0 Å². The smallest absolute Gasteiger partial charge is 0.264 e. The van der Waals surface area contributed by atoms with Crippen molar-refractivity contribution in [2.45, 2.75) is 130 Å². The molecule has 2 aliphatic heterocycles. The monoisotopic (exact) mass is 1060 g/mol. The highest BCUT2D eigenvalue weighted by molar-refractivity contribution is 7.33. The maximum absolute atomic E-state index is 2.66. The van der Waals surface area contributed by atoms with Crippen LogP contribution in [0.1, 0.15) is 157 Å². The van der Waals surface area contributed by atoms with Crippen LogP contribution in [0.15, 0.2) is 176 Å². The number of thiophene rings is 1. The van der Waals surface area contributed by atoms with Crippen molar-refractivity contribution in [3.05, 3.63) is 232 Å². The fourth-order valence-electron chi connectivity index (χ4n) is 14.5. The minimum Gasteiger partial charge on any atom is -0.311 e. The number of hydrogen-bond donors (Lipinski definition) is 0. The van der Waals surface area contributed by atoms with Crippen LogP contribution in [-0.4, -0.2) is 6.71 Å². The summed E-state index contributed by atoms with van der Waals surface area (Å²) in [6, 6.07) is 69.8. The Labute approximate surface area is 480 Å². The summed E-state index contributed by atoms with van der Waals surface area (Å²) in [5.74, 6) is 0.739. The second-order valence-corrected chi connectivity index (χ2v) is 28.5. The van der Waals surface area contributed by atoms with E-state index in [1.807, 2.05) is 11.3 Å². The molecule has 9 aromatic carbocycles. The van der Waals surface area contributed by atoms with Crippen LogP contribution in [0.5, 0.6) is 0 Å². The van der Waals surface area contributed by atoms with Gasteiger partial charge in [-0.25, -0.2) is 0 Å². The zero-order valence-corrected chi connectivity index (χ0v) is 50.1. The van der Waals surface area contributed by atoms with E-state index in [1.54, 1.807) is 0 Å². The third-order valence-electron chi connectivity index (χ3n) is 18.5. The Morgan fingerprint density at radius 3 is 1.52 bits per heavy atom. The minimum atomic E-state index is -0.467. The van der Waals surface area contributed by atoms with Crippen molar-refractivity contribution < 1.29 is 0 Å². The maximum atomic E-state index is 2.66. The molecule has 1 spiro atoms. The van der Waals surface area contributed by atoms with Crippen molar-refractivity contribution in [1.29, 1.82) is 0 Å². The Morgan fingerprint density at radius 2 is 0.963 bits per heavy atom. The van der Waals surface area contributed by atoms with E-state index in [0.717, 1.165) is 0 Å². The zero-order chi connectivity index (χ0) is 55.7. The summed E-state index contributed by atoms with van der Waals surface area (Å²) in [4.78, 5) is 5.29. The third kappa shape index (κ3) is 7.29. The molecule has 0 saturated carbocycles. The zero-order valence-electron chi connectivity index (χ0n) is 49.3. The normalized spacial score (nSPS) is 14.6. The molecule has 4 aliphatic rings. The van der Waals surface area contributed by atoms with Crippen molar-refractivity contribution in [3.8, 4) is 33.4 Å². The number of rotatable bonds is 5. The van der Waals surface area contributed by atoms with Gasteiger partial charge in [-0.2, -0.15) is 0 Å². The molecule has 14 rings (SSSR count). The van der Waals surface area contributed by atoms with Gasteiger partial charge >= 0.3 is 0 Å². The van der Waals surface area contributed by atoms with Crippen molar-refractivity contribution in [2.24, 2.45) is 0 Å². The largest absolute Gasteiger partial charge is 0.311 e. The third-order valence-corrected chi connectivity index (χ3v) is 19.7. The molecule has 80 heavy (non-hydrogen) atoms. The van der Waals surface area contributed by atoms with Crippen LogP contribution in [0, 0.1) is 6.92 Å². The van der Waals surface area contributed by atoms with Gasteiger partial charge in [-0.3, -0.25) is 0 Å². The van der Waals surface area contributed by atoms with E-state index >= 15 is 0 Å². The first-order chi connectivity index (χ1) is 38.1. The molecule has 0 unspecified atom stereocenters. The van der Waals surface area contributed by atoms with Crippen LogP contribution >= 0.6 is 11.3 Å².